The number of nitrogens with zero attached hydrogens (tertiary/aromatic N) is 2. The van der Waals surface area contributed by atoms with Gasteiger partial charge in [0.05, 0.1) is 5.52 Å². The standard InChI is InChI=1S/C71H50N2/c1-71(2)64-42-54(28-36-60(64)61-38-35-59(44-65(61)71)72(56-30-22-48(23-31-56)45-12-5-3-6-13-45)57-32-24-49(25-33-57)46-14-7-4-8-15-46)53-29-39-66-63(41-53)70-62-37-27-51-19-11-18-50-20-21-55(69(62)68(50)51)43-67(70)73(66)58-34-26-47-16-9-10-17-52(47)40-58/h3-42,44,55H,43H2,1-2H3. The Morgan fingerprint density at radius 1 is 0.438 bits per heavy atom. The highest BCUT2D eigenvalue weighted by molar-refractivity contribution is 6.08. The van der Waals surface area contributed by atoms with Crippen LogP contribution in [0.2, 0.25) is 0 Å². The van der Waals surface area contributed by atoms with E-state index in [1.165, 1.54) is 122 Å². The average Bonchev–Trinajstić information content (AvgIpc) is 3.90. The maximum atomic E-state index is 2.57. The summed E-state index contributed by atoms with van der Waals surface area (Å²) in [4.78, 5) is 2.41. The van der Waals surface area contributed by atoms with Gasteiger partial charge >= 0.3 is 0 Å². The van der Waals surface area contributed by atoms with E-state index in [2.05, 4.69) is 272 Å². The second kappa shape index (κ2) is 16.0. The van der Waals surface area contributed by atoms with Gasteiger partial charge in [0, 0.05) is 50.7 Å². The van der Waals surface area contributed by atoms with E-state index in [0.29, 0.717) is 5.92 Å². The van der Waals surface area contributed by atoms with E-state index >= 15 is 0 Å². The summed E-state index contributed by atoms with van der Waals surface area (Å²) in [5.74, 6) is 0.317. The lowest BCUT2D eigenvalue weighted by Crippen LogP contribution is -2.16. The second-order valence-electron chi connectivity index (χ2n) is 20.8. The highest BCUT2D eigenvalue weighted by Gasteiger charge is 2.37. The van der Waals surface area contributed by atoms with Crippen LogP contribution in [0.5, 0.6) is 0 Å². The summed E-state index contributed by atoms with van der Waals surface area (Å²) in [5, 5.41) is 6.56. The molecule has 0 fully saturated rings. The highest BCUT2D eigenvalue weighted by atomic mass is 15.1. The summed E-state index contributed by atoms with van der Waals surface area (Å²) < 4.78 is 2.57. The minimum absolute atomic E-state index is 0.243. The quantitative estimate of drug-likeness (QED) is 0.155. The summed E-state index contributed by atoms with van der Waals surface area (Å²) in [5.41, 5.74) is 25.2. The fourth-order valence-corrected chi connectivity index (χ4v) is 12.9. The SMILES string of the molecule is CC1(C)c2cc(-c3ccc4c(c3)c3c(n4-c4ccc5ccccc5c4)CC4C=Cc5cccc6ccc-3c4c56)ccc2-c2ccc(N(c3ccc(-c4ccccc4)cc3)c3ccc(-c4ccccc4)cc3)cc21. The molecule has 1 unspecified atom stereocenters. The fourth-order valence-electron chi connectivity index (χ4n) is 12.9. The van der Waals surface area contributed by atoms with Crippen LogP contribution in [0.4, 0.5) is 17.1 Å². The van der Waals surface area contributed by atoms with Gasteiger partial charge in [-0.3, -0.25) is 0 Å². The zero-order chi connectivity index (χ0) is 48.4. The van der Waals surface area contributed by atoms with Crippen LogP contribution in [-0.4, -0.2) is 4.57 Å². The molecular weight excluding hydrogens is 881 g/mol. The lowest BCUT2D eigenvalue weighted by Gasteiger charge is -2.30. The van der Waals surface area contributed by atoms with Crippen molar-refractivity contribution in [2.24, 2.45) is 0 Å². The van der Waals surface area contributed by atoms with Crippen LogP contribution in [0.3, 0.4) is 0 Å². The number of benzene rings is 11. The lowest BCUT2D eigenvalue weighted by molar-refractivity contribution is 0.660. The minimum atomic E-state index is -0.243. The van der Waals surface area contributed by atoms with E-state index in [1.54, 1.807) is 0 Å². The molecule has 12 aromatic rings. The van der Waals surface area contributed by atoms with Crippen LogP contribution in [-0.2, 0) is 11.8 Å². The molecule has 3 aliphatic carbocycles. The van der Waals surface area contributed by atoms with E-state index in [1.807, 2.05) is 0 Å². The van der Waals surface area contributed by atoms with Gasteiger partial charge in [-0.25, -0.2) is 0 Å². The van der Waals surface area contributed by atoms with Crippen molar-refractivity contribution in [2.45, 2.75) is 31.6 Å². The molecule has 0 radical (unpaired) electrons. The Morgan fingerprint density at radius 2 is 1.00 bits per heavy atom. The van der Waals surface area contributed by atoms with Crippen molar-refractivity contribution in [1.29, 1.82) is 0 Å². The molecule has 3 aliphatic rings. The first-order valence-electron chi connectivity index (χ1n) is 25.7. The first-order chi connectivity index (χ1) is 35.9. The molecule has 15 rings (SSSR count). The van der Waals surface area contributed by atoms with Crippen molar-refractivity contribution in [3.63, 3.8) is 0 Å². The van der Waals surface area contributed by atoms with E-state index in [9.17, 15) is 0 Å². The van der Waals surface area contributed by atoms with Gasteiger partial charge in [-0.2, -0.15) is 0 Å². The summed E-state index contributed by atoms with van der Waals surface area (Å²) in [6.45, 7) is 4.82. The van der Waals surface area contributed by atoms with Crippen molar-refractivity contribution in [3.05, 3.63) is 271 Å². The molecule has 73 heavy (non-hydrogen) atoms. The second-order valence-corrected chi connectivity index (χ2v) is 20.8. The number of fused-ring (bicyclic) bond motifs is 8. The van der Waals surface area contributed by atoms with E-state index in [0.717, 1.165) is 23.5 Å². The zero-order valence-corrected chi connectivity index (χ0v) is 40.9. The molecule has 0 amide bonds. The van der Waals surface area contributed by atoms with Crippen LogP contribution in [0.15, 0.2) is 243 Å². The summed E-state index contributed by atoms with van der Waals surface area (Å²) in [7, 11) is 0. The summed E-state index contributed by atoms with van der Waals surface area (Å²) in [6.07, 6.45) is 5.76. The molecule has 2 heteroatoms. The predicted octanol–water partition coefficient (Wildman–Crippen LogP) is 19.0. The van der Waals surface area contributed by atoms with Crippen molar-refractivity contribution in [1.82, 2.24) is 4.57 Å². The third-order valence-electron chi connectivity index (χ3n) is 16.5. The topological polar surface area (TPSA) is 8.17 Å². The fraction of sp³-hybridized carbons (Fsp3) is 0.0704. The molecule has 0 saturated heterocycles. The van der Waals surface area contributed by atoms with Crippen molar-refractivity contribution in [2.75, 3.05) is 4.90 Å². The Morgan fingerprint density at radius 3 is 1.73 bits per heavy atom. The number of hydrogen-bond acceptors (Lipinski definition) is 1. The van der Waals surface area contributed by atoms with E-state index < -0.39 is 0 Å². The largest absolute Gasteiger partial charge is 0.313 e. The van der Waals surface area contributed by atoms with Crippen LogP contribution >= 0.6 is 0 Å². The molecular formula is C71H50N2. The Bertz CT molecular complexity index is 4150. The zero-order valence-electron chi connectivity index (χ0n) is 40.9. The number of anilines is 3. The van der Waals surface area contributed by atoms with Crippen LogP contribution in [0.25, 0.3) is 99.8 Å². The van der Waals surface area contributed by atoms with Crippen molar-refractivity contribution >= 4 is 55.6 Å². The first kappa shape index (κ1) is 41.8. The smallest absolute Gasteiger partial charge is 0.0538 e. The molecule has 2 nitrogen and oxygen atoms in total. The van der Waals surface area contributed by atoms with Gasteiger partial charge in [-0.05, 0) is 167 Å². The van der Waals surface area contributed by atoms with Crippen molar-refractivity contribution < 1.29 is 0 Å². The first-order valence-corrected chi connectivity index (χ1v) is 25.7. The molecule has 0 spiro atoms. The average molecular weight is 931 g/mol. The van der Waals surface area contributed by atoms with Crippen LogP contribution < -0.4 is 4.90 Å². The summed E-state index contributed by atoms with van der Waals surface area (Å²) in [6, 6.07) is 88.1. The Hall–Kier alpha value is -8.98. The van der Waals surface area contributed by atoms with Gasteiger partial charge in [-0.15, -0.1) is 0 Å². The highest BCUT2D eigenvalue weighted by Crippen LogP contribution is 2.54. The van der Waals surface area contributed by atoms with Gasteiger partial charge in [0.2, 0.25) is 0 Å². The van der Waals surface area contributed by atoms with Gasteiger partial charge in [-0.1, -0.05) is 196 Å². The van der Waals surface area contributed by atoms with Gasteiger partial charge in [0.15, 0.2) is 0 Å². The molecule has 0 saturated carbocycles. The molecule has 344 valence electrons. The number of rotatable bonds is 7. The number of hydrogen-bond donors (Lipinski definition) is 0. The minimum Gasteiger partial charge on any atom is -0.313 e. The van der Waals surface area contributed by atoms with Gasteiger partial charge in [0.25, 0.3) is 0 Å². The molecule has 0 bridgehead atoms. The lowest BCUT2D eigenvalue weighted by atomic mass is 9.75. The Balaban J connectivity index is 0.842. The van der Waals surface area contributed by atoms with Gasteiger partial charge in [0.1, 0.15) is 0 Å². The van der Waals surface area contributed by atoms with Crippen LogP contribution in [0.1, 0.15) is 47.7 Å². The van der Waals surface area contributed by atoms with Gasteiger partial charge < -0.3 is 9.47 Å². The van der Waals surface area contributed by atoms with E-state index in [-0.39, 0.29) is 5.41 Å². The molecule has 1 aromatic heterocycles. The van der Waals surface area contributed by atoms with Crippen molar-refractivity contribution in [3.8, 4) is 61.3 Å². The maximum absolute atomic E-state index is 2.57. The molecule has 0 N–H and O–H groups in total. The van der Waals surface area contributed by atoms with E-state index in [4.69, 9.17) is 0 Å². The Kier molecular flexibility index (Phi) is 9.16. The number of aromatic nitrogens is 1. The monoisotopic (exact) mass is 930 g/mol. The normalized spacial score (nSPS) is 14.6. The van der Waals surface area contributed by atoms with Crippen LogP contribution in [0, 0.1) is 0 Å². The number of allylic oxidation sites excluding steroid dienone is 1. The third-order valence-corrected chi connectivity index (χ3v) is 16.5. The predicted molar refractivity (Wildman–Crippen MR) is 308 cm³/mol. The third kappa shape index (κ3) is 6.50. The molecule has 11 aromatic carbocycles. The summed E-state index contributed by atoms with van der Waals surface area (Å²) >= 11 is 0. The molecule has 1 heterocycles. The maximum Gasteiger partial charge on any atom is 0.0538 e. The molecule has 0 aliphatic heterocycles. The Labute approximate surface area is 426 Å². The molecule has 1 atom stereocenters.